The lowest BCUT2D eigenvalue weighted by molar-refractivity contribution is 0.0374. The highest BCUT2D eigenvalue weighted by atomic mass is 127. The van der Waals surface area contributed by atoms with Gasteiger partial charge in [-0.15, -0.1) is 24.0 Å². The molecule has 1 saturated heterocycles. The third kappa shape index (κ3) is 8.35. The summed E-state index contributed by atoms with van der Waals surface area (Å²) in [6.07, 6.45) is 4.32. The van der Waals surface area contributed by atoms with Crippen LogP contribution in [0.1, 0.15) is 58.1 Å². The Balaban J connectivity index is 0.00000364. The van der Waals surface area contributed by atoms with Crippen LogP contribution in [0.5, 0.6) is 0 Å². The van der Waals surface area contributed by atoms with Crippen molar-refractivity contribution in [2.24, 2.45) is 4.99 Å². The second kappa shape index (κ2) is 13.3. The first-order valence-electron chi connectivity index (χ1n) is 10.1. The molecule has 154 valence electrons. The molecule has 1 aliphatic heterocycles. The smallest absolute Gasteiger partial charge is 0.191 e. The Morgan fingerprint density at radius 2 is 1.85 bits per heavy atom. The van der Waals surface area contributed by atoms with Gasteiger partial charge in [0.1, 0.15) is 0 Å². The Bertz CT molecular complexity index is 532. The van der Waals surface area contributed by atoms with E-state index in [1.54, 1.807) is 0 Å². The van der Waals surface area contributed by atoms with Crippen LogP contribution in [-0.4, -0.2) is 44.3 Å². The molecule has 0 bridgehead atoms. The third-order valence-corrected chi connectivity index (χ3v) is 4.98. The molecule has 27 heavy (non-hydrogen) atoms. The van der Waals surface area contributed by atoms with E-state index in [4.69, 9.17) is 9.73 Å². The first-order chi connectivity index (χ1) is 12.7. The molecule has 1 heterocycles. The van der Waals surface area contributed by atoms with Gasteiger partial charge in [-0.2, -0.15) is 0 Å². The van der Waals surface area contributed by atoms with Crippen molar-refractivity contribution in [2.45, 2.75) is 58.0 Å². The number of aliphatic imine (C=N–C) groups is 1. The molecule has 0 radical (unpaired) electrons. The molecule has 1 unspecified atom stereocenters. The van der Waals surface area contributed by atoms with Gasteiger partial charge < -0.3 is 20.7 Å². The lowest BCUT2D eigenvalue weighted by Crippen LogP contribution is -2.53. The summed E-state index contributed by atoms with van der Waals surface area (Å²) in [5.74, 6) is 0.918. The number of halogens is 1. The number of rotatable bonds is 9. The van der Waals surface area contributed by atoms with Crippen LogP contribution >= 0.6 is 24.0 Å². The second-order valence-corrected chi connectivity index (χ2v) is 7.14. The maximum atomic E-state index is 5.63. The number of benzene rings is 1. The van der Waals surface area contributed by atoms with Crippen molar-refractivity contribution in [1.82, 2.24) is 16.0 Å². The van der Waals surface area contributed by atoms with Crippen molar-refractivity contribution in [1.29, 1.82) is 0 Å². The Morgan fingerprint density at radius 3 is 2.48 bits per heavy atom. The molecule has 0 aliphatic carbocycles. The number of unbranched alkanes of at least 4 members (excludes halogenated alkanes) is 1. The zero-order valence-electron chi connectivity index (χ0n) is 17.1. The van der Waals surface area contributed by atoms with Gasteiger partial charge in [-0.25, -0.2) is 0 Å². The van der Waals surface area contributed by atoms with Crippen LogP contribution in [0.3, 0.4) is 0 Å². The van der Waals surface area contributed by atoms with E-state index < -0.39 is 0 Å². The predicted molar refractivity (Wildman–Crippen MR) is 125 cm³/mol. The van der Waals surface area contributed by atoms with Gasteiger partial charge >= 0.3 is 0 Å². The number of ether oxygens (including phenoxy) is 1. The fraction of sp³-hybridized carbons (Fsp3) is 0.667. The van der Waals surface area contributed by atoms with Crippen molar-refractivity contribution >= 4 is 29.9 Å². The lowest BCUT2D eigenvalue weighted by atomic mass is 9.88. The van der Waals surface area contributed by atoms with Gasteiger partial charge in [0.25, 0.3) is 0 Å². The first kappa shape index (κ1) is 24.2. The molecule has 0 saturated carbocycles. The van der Waals surface area contributed by atoms with E-state index in [1.165, 1.54) is 12.0 Å². The molecule has 0 aromatic heterocycles. The van der Waals surface area contributed by atoms with Crippen LogP contribution in [0.4, 0.5) is 0 Å². The van der Waals surface area contributed by atoms with Crippen LogP contribution < -0.4 is 16.0 Å². The van der Waals surface area contributed by atoms with Gasteiger partial charge in [-0.3, -0.25) is 4.99 Å². The van der Waals surface area contributed by atoms with Crippen LogP contribution in [0, 0.1) is 0 Å². The number of hydrogen-bond donors (Lipinski definition) is 3. The highest BCUT2D eigenvalue weighted by Crippen LogP contribution is 2.25. The summed E-state index contributed by atoms with van der Waals surface area (Å²) in [5, 5.41) is 10.7. The monoisotopic (exact) mass is 488 g/mol. The molecule has 1 aliphatic rings. The largest absolute Gasteiger partial charge is 0.381 e. The van der Waals surface area contributed by atoms with E-state index in [1.807, 2.05) is 0 Å². The number of nitrogens with one attached hydrogen (secondary N) is 3. The molecule has 5 nitrogen and oxygen atoms in total. The Hall–Kier alpha value is -0.860. The maximum absolute atomic E-state index is 5.63. The van der Waals surface area contributed by atoms with Crippen LogP contribution in [-0.2, 0) is 4.74 Å². The average Bonchev–Trinajstić information content (AvgIpc) is 2.68. The van der Waals surface area contributed by atoms with Crippen LogP contribution in [0.25, 0.3) is 0 Å². The molecule has 2 rings (SSSR count). The molecular formula is C21H37IN4O. The molecule has 6 heteroatoms. The molecular weight excluding hydrogens is 451 g/mol. The number of nitrogens with zero attached hydrogens (tertiary/aromatic N) is 1. The third-order valence-electron chi connectivity index (χ3n) is 4.98. The maximum Gasteiger partial charge on any atom is 0.191 e. The Morgan fingerprint density at radius 1 is 1.15 bits per heavy atom. The quantitative estimate of drug-likeness (QED) is 0.214. The Labute approximate surface area is 182 Å². The fourth-order valence-corrected chi connectivity index (χ4v) is 3.35. The minimum atomic E-state index is -0.0133. The second-order valence-electron chi connectivity index (χ2n) is 7.14. The van der Waals surface area contributed by atoms with E-state index in [0.717, 1.165) is 58.1 Å². The molecule has 0 amide bonds. The van der Waals surface area contributed by atoms with Gasteiger partial charge in [0.15, 0.2) is 5.96 Å². The minimum absolute atomic E-state index is 0. The van der Waals surface area contributed by atoms with Crippen molar-refractivity contribution < 1.29 is 4.74 Å². The molecule has 1 aromatic rings. The van der Waals surface area contributed by atoms with Crippen molar-refractivity contribution in [3.63, 3.8) is 0 Å². The zero-order chi connectivity index (χ0) is 18.7. The van der Waals surface area contributed by atoms with Crippen molar-refractivity contribution in [3.8, 4) is 0 Å². The summed E-state index contributed by atoms with van der Waals surface area (Å²) < 4.78 is 5.63. The predicted octanol–water partition coefficient (Wildman–Crippen LogP) is 3.86. The van der Waals surface area contributed by atoms with Gasteiger partial charge in [0.2, 0.25) is 0 Å². The Kier molecular flexibility index (Phi) is 11.9. The molecule has 1 fully saturated rings. The van der Waals surface area contributed by atoms with E-state index in [0.29, 0.717) is 6.04 Å². The standard InChI is InChI=1S/C21H36N4O.HI/c1-4-6-14-23-20(22-5-2)24-17-21(12-15-26-16-13-21)25-18(3)19-10-8-7-9-11-19;/h7-11,18,25H,4-6,12-17H2,1-3H3,(H2,22,23,24);1H. The van der Waals surface area contributed by atoms with Crippen LogP contribution in [0.2, 0.25) is 0 Å². The van der Waals surface area contributed by atoms with E-state index in [9.17, 15) is 0 Å². The van der Waals surface area contributed by atoms with Gasteiger partial charge in [0.05, 0.1) is 6.54 Å². The topological polar surface area (TPSA) is 57.7 Å². The summed E-state index contributed by atoms with van der Waals surface area (Å²) in [6.45, 7) is 10.7. The fourth-order valence-electron chi connectivity index (χ4n) is 3.35. The van der Waals surface area contributed by atoms with Crippen molar-refractivity contribution in [2.75, 3.05) is 32.8 Å². The first-order valence-corrected chi connectivity index (χ1v) is 10.1. The highest BCUT2D eigenvalue weighted by Gasteiger charge is 2.33. The van der Waals surface area contributed by atoms with Crippen molar-refractivity contribution in [3.05, 3.63) is 35.9 Å². The summed E-state index contributed by atoms with van der Waals surface area (Å²) in [7, 11) is 0. The van der Waals surface area contributed by atoms with Crippen LogP contribution in [0.15, 0.2) is 35.3 Å². The molecule has 1 aromatic carbocycles. The van der Waals surface area contributed by atoms with E-state index in [2.05, 4.69) is 67.1 Å². The molecule has 0 spiro atoms. The SMILES string of the molecule is CCCCNC(=NCC1(NC(C)c2ccccc2)CCOCC1)NCC.I. The highest BCUT2D eigenvalue weighted by molar-refractivity contribution is 14.0. The van der Waals surface area contributed by atoms with Gasteiger partial charge in [-0.1, -0.05) is 43.7 Å². The average molecular weight is 488 g/mol. The molecule has 1 atom stereocenters. The summed E-state index contributed by atoms with van der Waals surface area (Å²) in [6, 6.07) is 10.9. The molecule has 3 N–H and O–H groups in total. The minimum Gasteiger partial charge on any atom is -0.381 e. The lowest BCUT2D eigenvalue weighted by Gasteiger charge is -2.39. The van der Waals surface area contributed by atoms with Gasteiger partial charge in [0, 0.05) is 37.9 Å². The number of guanidine groups is 1. The number of hydrogen-bond acceptors (Lipinski definition) is 3. The zero-order valence-corrected chi connectivity index (χ0v) is 19.4. The van der Waals surface area contributed by atoms with E-state index in [-0.39, 0.29) is 29.5 Å². The van der Waals surface area contributed by atoms with Gasteiger partial charge in [-0.05, 0) is 38.7 Å². The summed E-state index contributed by atoms with van der Waals surface area (Å²) in [5.41, 5.74) is 1.30. The normalized spacial score (nSPS) is 17.7. The summed E-state index contributed by atoms with van der Waals surface area (Å²) >= 11 is 0. The summed E-state index contributed by atoms with van der Waals surface area (Å²) in [4.78, 5) is 4.90. The van der Waals surface area contributed by atoms with E-state index >= 15 is 0 Å².